The predicted molar refractivity (Wildman–Crippen MR) is 234 cm³/mol. The first-order valence-corrected chi connectivity index (χ1v) is 22.6. The number of likely N-dealkylation sites (tertiary alicyclic amines) is 1. The van der Waals surface area contributed by atoms with Crippen molar-refractivity contribution in [2.24, 2.45) is 5.92 Å². The summed E-state index contributed by atoms with van der Waals surface area (Å²) < 4.78 is 49.3. The maximum absolute atomic E-state index is 14.3. The first-order valence-electron chi connectivity index (χ1n) is 22.6. The smallest absolute Gasteiger partial charge is 0.284 e. The van der Waals surface area contributed by atoms with Gasteiger partial charge in [0.05, 0.1) is 54.1 Å². The highest BCUT2D eigenvalue weighted by Gasteiger charge is 2.40. The minimum absolute atomic E-state index is 0.00257. The summed E-state index contributed by atoms with van der Waals surface area (Å²) in [6.45, 7) is 4.54. The quantitative estimate of drug-likeness (QED) is 0.119. The van der Waals surface area contributed by atoms with Gasteiger partial charge in [0.15, 0.2) is 16.9 Å². The summed E-state index contributed by atoms with van der Waals surface area (Å²) in [6.07, 6.45) is 9.12. The Balaban J connectivity index is 0.658. The number of hydrogen-bond acceptors (Lipinski definition) is 12. The Morgan fingerprint density at radius 2 is 1.88 bits per heavy atom. The molecule has 65 heavy (non-hydrogen) atoms. The van der Waals surface area contributed by atoms with Crippen LogP contribution in [0.25, 0.3) is 27.4 Å². The van der Waals surface area contributed by atoms with Gasteiger partial charge in [-0.25, -0.2) is 18.3 Å². The van der Waals surface area contributed by atoms with Crippen molar-refractivity contribution < 1.29 is 37.2 Å². The van der Waals surface area contributed by atoms with Crippen LogP contribution in [0.1, 0.15) is 103 Å². The second-order valence-corrected chi connectivity index (χ2v) is 18.0. The van der Waals surface area contributed by atoms with E-state index >= 15 is 0 Å². The van der Waals surface area contributed by atoms with Crippen molar-refractivity contribution in [1.29, 1.82) is 0 Å². The summed E-state index contributed by atoms with van der Waals surface area (Å²) in [7, 11) is 0. The number of nitrogens with one attached hydrogen (secondary N) is 2. The maximum atomic E-state index is 14.3. The molecule has 16 nitrogen and oxygen atoms in total. The average molecular weight is 887 g/mol. The van der Waals surface area contributed by atoms with Gasteiger partial charge in [-0.05, 0) is 92.3 Å². The topological polar surface area (TPSA) is 174 Å². The number of anilines is 2. The van der Waals surface area contributed by atoms with E-state index in [0.29, 0.717) is 42.5 Å². The largest absolute Gasteiger partial charge is 0.374 e. The molecule has 4 aromatic heterocycles. The highest BCUT2D eigenvalue weighted by atomic mass is 19.3. The number of ether oxygens (including phenoxy) is 2. The third-order valence-electron chi connectivity index (χ3n) is 14.0. The van der Waals surface area contributed by atoms with E-state index in [1.165, 1.54) is 10.7 Å². The van der Waals surface area contributed by atoms with E-state index in [1.807, 2.05) is 36.4 Å². The number of imide groups is 1. The van der Waals surface area contributed by atoms with Gasteiger partial charge in [0.1, 0.15) is 23.7 Å². The molecule has 2 N–H and O–H groups in total. The van der Waals surface area contributed by atoms with Crippen LogP contribution in [0.15, 0.2) is 59.5 Å². The molecule has 5 fully saturated rings. The summed E-state index contributed by atoms with van der Waals surface area (Å²) in [5, 5.41) is 20.5. The fourth-order valence-electron chi connectivity index (χ4n) is 10.5. The van der Waals surface area contributed by atoms with Crippen LogP contribution in [0.5, 0.6) is 0 Å². The molecule has 3 amide bonds. The Morgan fingerprint density at radius 1 is 1.02 bits per heavy atom. The number of alkyl halides is 2. The second-order valence-electron chi connectivity index (χ2n) is 18.0. The van der Waals surface area contributed by atoms with Gasteiger partial charge in [0.25, 0.3) is 12.3 Å². The molecule has 2 aromatic carbocycles. The van der Waals surface area contributed by atoms with Crippen LogP contribution in [-0.2, 0) is 19.1 Å². The molecular formula is C47H48F2N10O6. The highest BCUT2D eigenvalue weighted by molar-refractivity contribution is 6.11. The Bertz CT molecular complexity index is 2870. The Labute approximate surface area is 371 Å². The zero-order chi connectivity index (χ0) is 44.2. The van der Waals surface area contributed by atoms with E-state index in [4.69, 9.17) is 19.0 Å². The minimum atomic E-state index is -2.86. The molecule has 4 aliphatic heterocycles. The molecular weight excluding hydrogens is 839 g/mol. The van der Waals surface area contributed by atoms with Crippen LogP contribution >= 0.6 is 0 Å². The van der Waals surface area contributed by atoms with E-state index in [2.05, 4.69) is 47.6 Å². The van der Waals surface area contributed by atoms with Gasteiger partial charge in [-0.2, -0.15) is 10.2 Å². The number of nitrogens with zero attached hydrogens (tertiary/aromatic N) is 8. The minimum Gasteiger partial charge on any atom is -0.374 e. The van der Waals surface area contributed by atoms with Crippen molar-refractivity contribution in [1.82, 2.24) is 39.8 Å². The van der Waals surface area contributed by atoms with Gasteiger partial charge in [0, 0.05) is 50.6 Å². The number of fused-ring (bicyclic) bond motifs is 6. The number of aromatic nitrogens is 6. The zero-order valence-corrected chi connectivity index (χ0v) is 35.6. The van der Waals surface area contributed by atoms with E-state index in [0.717, 1.165) is 98.7 Å². The van der Waals surface area contributed by atoms with Crippen molar-refractivity contribution in [2.75, 3.05) is 49.6 Å². The molecule has 4 saturated heterocycles. The van der Waals surface area contributed by atoms with Crippen LogP contribution < -0.4 is 15.5 Å². The molecule has 8 heterocycles. The van der Waals surface area contributed by atoms with Crippen molar-refractivity contribution in [2.45, 2.75) is 94.4 Å². The molecule has 2 bridgehead atoms. The number of morpholine rings is 1. The lowest BCUT2D eigenvalue weighted by molar-refractivity contribution is -0.134. The number of amides is 3. The van der Waals surface area contributed by atoms with E-state index in [9.17, 15) is 23.2 Å². The Morgan fingerprint density at radius 3 is 2.66 bits per heavy atom. The lowest BCUT2D eigenvalue weighted by Crippen LogP contribution is -2.40. The van der Waals surface area contributed by atoms with Crippen LogP contribution in [0.2, 0.25) is 0 Å². The first-order chi connectivity index (χ1) is 31.7. The van der Waals surface area contributed by atoms with Gasteiger partial charge in [-0.3, -0.25) is 24.4 Å². The molecule has 11 rings (SSSR count). The monoisotopic (exact) mass is 886 g/mol. The number of carbonyl (C=O) groups is 3. The lowest BCUT2D eigenvalue weighted by atomic mass is 9.85. The summed E-state index contributed by atoms with van der Waals surface area (Å²) in [5.41, 5.74) is 2.06. The SMILES string of the molecule is O=C1CCC(c2noc3ccc4c(C#CCOC5CCN(CC6CCC(n7cc(NC(=O)c8cnn9ccc(N%10C[C@H]%11C[C@@H]%10CO%11)nc89)c(C(F)F)n7)CC6)CC5)cccc4c23)C(=O)N1. The van der Waals surface area contributed by atoms with Crippen LogP contribution in [-0.4, -0.2) is 110 Å². The normalized spacial score (nSPS) is 24.0. The summed E-state index contributed by atoms with van der Waals surface area (Å²) in [6, 6.07) is 11.7. The molecule has 1 saturated carbocycles. The number of piperidine rings is 2. The zero-order valence-electron chi connectivity index (χ0n) is 35.6. The number of benzene rings is 2. The number of halogens is 2. The third-order valence-corrected chi connectivity index (χ3v) is 14.0. The number of carbonyl (C=O) groups excluding carboxylic acids is 3. The summed E-state index contributed by atoms with van der Waals surface area (Å²) >= 11 is 0. The van der Waals surface area contributed by atoms with Gasteiger partial charge in [-0.1, -0.05) is 29.1 Å². The van der Waals surface area contributed by atoms with E-state index < -0.39 is 23.9 Å². The number of hydrogen-bond donors (Lipinski definition) is 2. The van der Waals surface area contributed by atoms with Crippen molar-refractivity contribution in [3.8, 4) is 11.8 Å². The Hall–Kier alpha value is -6.29. The van der Waals surface area contributed by atoms with Crippen LogP contribution in [0, 0.1) is 17.8 Å². The molecule has 6 aromatic rings. The standard InChI is InChI=1S/C47H48F2N10O6/c48-44(49)43-37(51-47(62)36-22-50-58-19-16-39(52-45(36)58)57-24-32-21-30(57)26-64-32)25-59(54-43)29-8-6-27(7-9-29)23-56-17-14-31(15-18-56)63-20-2-4-28-3-1-5-34-33(28)10-12-38-41(34)42(55-65-38)35-11-13-40(60)53-46(35)61/h1,3,5,10,12,16,19,22,25,27,29-32,35,44H,6-9,11,13-15,17-18,20-21,23-24,26H2,(H,51,62)(H,53,60,61)/t27?,29?,30-,32-,35?/m1/s1. The lowest BCUT2D eigenvalue weighted by Gasteiger charge is -2.36. The van der Waals surface area contributed by atoms with E-state index in [-0.39, 0.29) is 53.8 Å². The molecule has 1 aliphatic carbocycles. The molecule has 336 valence electrons. The molecule has 18 heteroatoms. The molecule has 1 unspecified atom stereocenters. The Kier molecular flexibility index (Phi) is 11.0. The predicted octanol–water partition coefficient (Wildman–Crippen LogP) is 6.17. The van der Waals surface area contributed by atoms with Crippen molar-refractivity contribution >= 4 is 56.6 Å². The van der Waals surface area contributed by atoms with Crippen LogP contribution in [0.3, 0.4) is 0 Å². The average Bonchev–Trinajstić information content (AvgIpc) is 4.18. The molecule has 0 spiro atoms. The number of rotatable bonds is 10. The first kappa shape index (κ1) is 41.4. The second kappa shape index (κ2) is 17.3. The van der Waals surface area contributed by atoms with Gasteiger partial charge >= 0.3 is 0 Å². The third kappa shape index (κ3) is 8.10. The fraction of sp³-hybridized carbons (Fsp3) is 0.468. The highest BCUT2D eigenvalue weighted by Crippen LogP contribution is 2.38. The van der Waals surface area contributed by atoms with E-state index in [1.54, 1.807) is 17.1 Å². The van der Waals surface area contributed by atoms with Gasteiger partial charge in [-0.15, -0.1) is 0 Å². The van der Waals surface area contributed by atoms with Gasteiger partial charge in [0.2, 0.25) is 11.8 Å². The fourth-order valence-corrected chi connectivity index (χ4v) is 10.5. The van der Waals surface area contributed by atoms with Gasteiger partial charge < -0.3 is 29.1 Å². The molecule has 0 radical (unpaired) electrons. The molecule has 3 atom stereocenters. The van der Waals surface area contributed by atoms with Crippen molar-refractivity contribution in [3.63, 3.8) is 0 Å². The maximum Gasteiger partial charge on any atom is 0.284 e. The summed E-state index contributed by atoms with van der Waals surface area (Å²) in [5.74, 6) is 5.97. The summed E-state index contributed by atoms with van der Waals surface area (Å²) in [4.78, 5) is 47.4. The van der Waals surface area contributed by atoms with Crippen molar-refractivity contribution in [3.05, 3.63) is 77.5 Å². The van der Waals surface area contributed by atoms with Crippen LogP contribution in [0.4, 0.5) is 20.3 Å². The molecule has 5 aliphatic rings.